The maximum Gasteiger partial charge on any atom is 0.472 e. The van der Waals surface area contributed by atoms with E-state index in [1.54, 1.807) is 0 Å². The summed E-state index contributed by atoms with van der Waals surface area (Å²) in [6, 6.07) is -1.48. The molecule has 0 rings (SSSR count). The third kappa shape index (κ3) is 38.2. The molecule has 54 heavy (non-hydrogen) atoms. The Morgan fingerprint density at radius 3 is 1.63 bits per heavy atom. The number of unbranched alkanes of at least 4 members (excludes halogenated alkanes) is 18. The summed E-state index contributed by atoms with van der Waals surface area (Å²) in [6.45, 7) is 3.73. The van der Waals surface area contributed by atoms with Gasteiger partial charge in [-0.2, -0.15) is 0 Å². The second-order valence-electron chi connectivity index (χ2n) is 14.1. The Hall–Kier alpha value is -2.07. The monoisotopic (exact) mass is 784 g/mol. The highest BCUT2D eigenvalue weighted by Gasteiger charge is 2.27. The number of carbonyl (C=O) groups is 2. The largest absolute Gasteiger partial charge is 0.480 e. The minimum Gasteiger partial charge on any atom is -0.480 e. The highest BCUT2D eigenvalue weighted by Crippen LogP contribution is 2.43. The van der Waals surface area contributed by atoms with Crippen LogP contribution < -0.4 is 5.73 Å². The van der Waals surface area contributed by atoms with E-state index in [0.29, 0.717) is 13.0 Å². The van der Waals surface area contributed by atoms with Gasteiger partial charge in [0.25, 0.3) is 0 Å². The maximum atomic E-state index is 12.6. The summed E-state index contributed by atoms with van der Waals surface area (Å²) in [5.74, 6) is -1.79. The Labute approximate surface area is 329 Å². The molecule has 4 N–H and O–H groups in total. The summed E-state index contributed by atoms with van der Waals surface area (Å²) in [5, 5.41) is 8.89. The fourth-order valence-corrected chi connectivity index (χ4v) is 6.33. The van der Waals surface area contributed by atoms with E-state index in [1.807, 2.05) is 0 Å². The molecule has 0 aromatic carbocycles. The van der Waals surface area contributed by atoms with Crippen molar-refractivity contribution in [1.29, 1.82) is 0 Å². The van der Waals surface area contributed by atoms with E-state index < -0.39 is 45.1 Å². The number of ether oxygens (including phenoxy) is 2. The highest BCUT2D eigenvalue weighted by molar-refractivity contribution is 7.47. The number of nitrogens with two attached hydrogens (primary N) is 1. The second kappa shape index (κ2) is 39.2. The number of phosphoric ester groups is 1. The molecule has 0 aliphatic rings. The van der Waals surface area contributed by atoms with Crippen molar-refractivity contribution < 1.29 is 42.7 Å². The topological polar surface area (TPSA) is 155 Å². The predicted molar refractivity (Wildman–Crippen MR) is 221 cm³/mol. The van der Waals surface area contributed by atoms with Gasteiger partial charge in [-0.25, -0.2) is 4.57 Å². The molecule has 0 spiro atoms. The lowest BCUT2D eigenvalue weighted by atomic mass is 10.1. The van der Waals surface area contributed by atoms with Crippen molar-refractivity contribution >= 4 is 19.8 Å². The van der Waals surface area contributed by atoms with Gasteiger partial charge in [0.2, 0.25) is 0 Å². The number of carboxylic acid groups (broad SMARTS) is 1. The zero-order valence-electron chi connectivity index (χ0n) is 34.1. The lowest BCUT2D eigenvalue weighted by Crippen LogP contribution is -2.34. The molecule has 314 valence electrons. The number of rotatable bonds is 40. The van der Waals surface area contributed by atoms with E-state index in [1.165, 1.54) is 70.6 Å². The number of phosphoric acid groups is 1. The molecule has 0 aliphatic carbocycles. The zero-order valence-corrected chi connectivity index (χ0v) is 35.0. The third-order valence-corrected chi connectivity index (χ3v) is 9.79. The molecule has 3 unspecified atom stereocenters. The Kier molecular flexibility index (Phi) is 37.7. The van der Waals surface area contributed by atoms with Gasteiger partial charge in [0.15, 0.2) is 0 Å². The van der Waals surface area contributed by atoms with Gasteiger partial charge in [0.05, 0.1) is 19.8 Å². The SMILES string of the molecule is CC/C=C\C/C=C\C/C=C\CCCCCCCCCCOCC(COP(=O)(O)OCC(N)C(=O)O)OC(=O)CCCCCCC/C=C\CCCCCCC. The van der Waals surface area contributed by atoms with Crippen LogP contribution in [0.3, 0.4) is 0 Å². The predicted octanol–water partition coefficient (Wildman–Crippen LogP) is 11.5. The van der Waals surface area contributed by atoms with E-state index in [4.69, 9.17) is 29.4 Å². The van der Waals surface area contributed by atoms with Crippen LogP contribution in [-0.4, -0.2) is 60.5 Å². The minimum absolute atomic E-state index is 0.00761. The van der Waals surface area contributed by atoms with Crippen LogP contribution in [0.2, 0.25) is 0 Å². The van der Waals surface area contributed by atoms with Crippen LogP contribution in [0.25, 0.3) is 0 Å². The van der Waals surface area contributed by atoms with E-state index in [-0.39, 0.29) is 13.0 Å². The third-order valence-electron chi connectivity index (χ3n) is 8.84. The lowest BCUT2D eigenvalue weighted by molar-refractivity contribution is -0.154. The van der Waals surface area contributed by atoms with Crippen molar-refractivity contribution in [2.45, 2.75) is 187 Å². The van der Waals surface area contributed by atoms with Crippen molar-refractivity contribution in [1.82, 2.24) is 0 Å². The molecule has 0 saturated carbocycles. The summed E-state index contributed by atoms with van der Waals surface area (Å²) < 4.78 is 33.3. The van der Waals surface area contributed by atoms with Crippen LogP contribution >= 0.6 is 7.82 Å². The number of carboxylic acids is 1. The Morgan fingerprint density at radius 2 is 1.07 bits per heavy atom. The van der Waals surface area contributed by atoms with E-state index in [9.17, 15) is 19.0 Å². The van der Waals surface area contributed by atoms with Crippen molar-refractivity contribution in [2.24, 2.45) is 5.73 Å². The van der Waals surface area contributed by atoms with E-state index in [2.05, 4.69) is 62.5 Å². The standard InChI is InChI=1S/C43H78NO9P/c1-3-5-7-9-11-13-15-17-19-20-21-22-24-26-28-30-32-34-36-50-37-40(38-51-54(48,49)52-39-41(44)43(46)47)53-42(45)35-33-31-29-27-25-23-18-16-14-12-10-8-6-4-2/h5,7,11,13,16-19,40-41H,3-4,6,8-10,12,14-15,20-39,44H2,1-2H3,(H,46,47)(H,48,49)/b7-5-,13-11-,18-16-,19-17-. The molecule has 0 saturated heterocycles. The van der Waals surface area contributed by atoms with Crippen LogP contribution in [-0.2, 0) is 32.7 Å². The molecule has 0 radical (unpaired) electrons. The Balaban J connectivity index is 4.27. The van der Waals surface area contributed by atoms with Gasteiger partial charge in [0, 0.05) is 13.0 Å². The minimum atomic E-state index is -4.62. The van der Waals surface area contributed by atoms with Crippen LogP contribution in [0.5, 0.6) is 0 Å². The summed E-state index contributed by atoms with van der Waals surface area (Å²) in [4.78, 5) is 33.5. The van der Waals surface area contributed by atoms with Crippen molar-refractivity contribution in [2.75, 3.05) is 26.4 Å². The molecule has 0 aliphatic heterocycles. The molecular weight excluding hydrogens is 705 g/mol. The molecule has 0 fully saturated rings. The van der Waals surface area contributed by atoms with Crippen LogP contribution in [0.1, 0.15) is 174 Å². The van der Waals surface area contributed by atoms with E-state index >= 15 is 0 Å². The summed E-state index contributed by atoms with van der Waals surface area (Å²) >= 11 is 0. The quantitative estimate of drug-likeness (QED) is 0.0237. The average Bonchev–Trinajstić information content (AvgIpc) is 3.15. The molecule has 0 amide bonds. The maximum absolute atomic E-state index is 12.6. The van der Waals surface area contributed by atoms with E-state index in [0.717, 1.165) is 77.0 Å². The first-order valence-corrected chi connectivity index (χ1v) is 22.7. The second-order valence-corrected chi connectivity index (χ2v) is 15.5. The Bertz CT molecular complexity index is 1050. The molecule has 0 bridgehead atoms. The number of aliphatic carboxylic acids is 1. The average molecular weight is 784 g/mol. The van der Waals surface area contributed by atoms with Gasteiger partial charge in [-0.05, 0) is 70.6 Å². The van der Waals surface area contributed by atoms with Gasteiger partial charge in [-0.3, -0.25) is 18.6 Å². The van der Waals surface area contributed by atoms with Gasteiger partial charge >= 0.3 is 19.8 Å². The summed E-state index contributed by atoms with van der Waals surface area (Å²) in [6.07, 6.45) is 44.4. The van der Waals surface area contributed by atoms with Crippen molar-refractivity contribution in [3.63, 3.8) is 0 Å². The van der Waals surface area contributed by atoms with Crippen LogP contribution in [0, 0.1) is 0 Å². The fourth-order valence-electron chi connectivity index (χ4n) is 5.55. The normalized spacial score (nSPS) is 14.4. The molecular formula is C43H78NO9P. The number of carbonyl (C=O) groups excluding carboxylic acids is 1. The molecule has 0 heterocycles. The fraction of sp³-hybridized carbons (Fsp3) is 0.767. The molecule has 10 nitrogen and oxygen atoms in total. The number of allylic oxidation sites excluding steroid dienone is 8. The smallest absolute Gasteiger partial charge is 0.472 e. The Morgan fingerprint density at radius 1 is 0.611 bits per heavy atom. The van der Waals surface area contributed by atoms with Crippen LogP contribution in [0.15, 0.2) is 48.6 Å². The van der Waals surface area contributed by atoms with Gasteiger partial charge < -0.3 is 25.2 Å². The molecule has 0 aromatic rings. The molecule has 0 aromatic heterocycles. The summed E-state index contributed by atoms with van der Waals surface area (Å²) in [7, 11) is -4.62. The van der Waals surface area contributed by atoms with Crippen LogP contribution in [0.4, 0.5) is 0 Å². The highest BCUT2D eigenvalue weighted by atomic mass is 31.2. The molecule has 3 atom stereocenters. The lowest BCUT2D eigenvalue weighted by Gasteiger charge is -2.20. The van der Waals surface area contributed by atoms with Gasteiger partial charge in [-0.15, -0.1) is 0 Å². The first-order valence-electron chi connectivity index (χ1n) is 21.2. The van der Waals surface area contributed by atoms with Gasteiger partial charge in [-0.1, -0.05) is 146 Å². The first-order chi connectivity index (χ1) is 26.2. The zero-order chi connectivity index (χ0) is 39.8. The molecule has 11 heteroatoms. The van der Waals surface area contributed by atoms with Gasteiger partial charge in [0.1, 0.15) is 12.1 Å². The summed E-state index contributed by atoms with van der Waals surface area (Å²) in [5.41, 5.74) is 5.35. The van der Waals surface area contributed by atoms with Crippen molar-refractivity contribution in [3.8, 4) is 0 Å². The first kappa shape index (κ1) is 51.9. The number of hydrogen-bond acceptors (Lipinski definition) is 8. The number of esters is 1. The van der Waals surface area contributed by atoms with Crippen molar-refractivity contribution in [3.05, 3.63) is 48.6 Å². The number of hydrogen-bond donors (Lipinski definition) is 3.